The Morgan fingerprint density at radius 3 is 2.31 bits per heavy atom. The molecule has 8 heteroatoms. The van der Waals surface area contributed by atoms with Crippen LogP contribution in [-0.4, -0.2) is 42.4 Å². The number of aliphatic hydroxyl groups is 1. The van der Waals surface area contributed by atoms with Crippen molar-refractivity contribution in [2.24, 2.45) is 0 Å². The molecule has 172 valence electrons. The molecule has 0 saturated carbocycles. The highest BCUT2D eigenvalue weighted by Gasteiger charge is 2.11. The van der Waals surface area contributed by atoms with Crippen molar-refractivity contribution in [2.45, 2.75) is 37.4 Å². The van der Waals surface area contributed by atoms with Gasteiger partial charge in [0.2, 0.25) is 0 Å². The number of aryl methyl sites for hydroxylation is 1. The van der Waals surface area contributed by atoms with Gasteiger partial charge < -0.3 is 14.6 Å². The summed E-state index contributed by atoms with van der Waals surface area (Å²) in [5.41, 5.74) is 2.09. The third-order valence-corrected chi connectivity index (χ3v) is 5.27. The first-order valence-electron chi connectivity index (χ1n) is 10.2. The SMILES string of the molecule is Cc1ccc(S(=O)(=O)O)cc1.OCCCC(COc1cccnc1)OCc1ccccc1. The molecule has 3 rings (SSSR count). The predicted octanol–water partition coefficient (Wildman–Crippen LogP) is 4.06. The summed E-state index contributed by atoms with van der Waals surface area (Å²) in [7, 11) is -4.02. The van der Waals surface area contributed by atoms with Gasteiger partial charge in [-0.1, -0.05) is 48.0 Å². The quantitative estimate of drug-likeness (QED) is 0.440. The Bertz CT molecular complexity index is 952. The normalized spacial score (nSPS) is 11.8. The first-order valence-corrected chi connectivity index (χ1v) is 11.7. The zero-order valence-electron chi connectivity index (χ0n) is 18.0. The number of benzene rings is 2. The average molecular weight is 460 g/mol. The van der Waals surface area contributed by atoms with Crippen LogP contribution in [0.25, 0.3) is 0 Å². The van der Waals surface area contributed by atoms with Crippen LogP contribution in [0.2, 0.25) is 0 Å². The van der Waals surface area contributed by atoms with Gasteiger partial charge in [0, 0.05) is 12.8 Å². The van der Waals surface area contributed by atoms with Crippen LogP contribution in [0.4, 0.5) is 0 Å². The van der Waals surface area contributed by atoms with E-state index < -0.39 is 10.1 Å². The molecule has 1 aromatic heterocycles. The number of rotatable bonds is 10. The smallest absolute Gasteiger partial charge is 0.294 e. The Hall–Kier alpha value is -2.78. The first-order chi connectivity index (χ1) is 15.4. The molecule has 3 aromatic rings. The van der Waals surface area contributed by atoms with Gasteiger partial charge in [0.1, 0.15) is 12.4 Å². The number of pyridine rings is 1. The summed E-state index contributed by atoms with van der Waals surface area (Å²) in [6.07, 6.45) is 4.82. The molecule has 0 radical (unpaired) electrons. The standard InChI is InChI=1S/C17H21NO3.C7H8O3S/c19-11-5-9-17(14-21-16-8-4-10-18-12-16)20-13-15-6-2-1-3-7-15;1-6-2-4-7(5-3-6)11(8,9)10/h1-4,6-8,10,12,17,19H,5,9,11,13-14H2;2-5H,1H3,(H,8,9,10). The number of aliphatic hydroxyl groups excluding tert-OH is 1. The number of hydrogen-bond acceptors (Lipinski definition) is 6. The summed E-state index contributed by atoms with van der Waals surface area (Å²) in [6.45, 7) is 3.01. The largest absolute Gasteiger partial charge is 0.489 e. The summed E-state index contributed by atoms with van der Waals surface area (Å²) in [5, 5.41) is 8.98. The summed E-state index contributed by atoms with van der Waals surface area (Å²) >= 11 is 0. The molecule has 0 saturated heterocycles. The monoisotopic (exact) mass is 459 g/mol. The summed E-state index contributed by atoms with van der Waals surface area (Å²) in [5.74, 6) is 0.731. The summed E-state index contributed by atoms with van der Waals surface area (Å²) in [4.78, 5) is 3.95. The van der Waals surface area contributed by atoms with Crippen molar-refractivity contribution < 1.29 is 27.6 Å². The lowest BCUT2D eigenvalue weighted by Crippen LogP contribution is -2.22. The van der Waals surface area contributed by atoms with Gasteiger partial charge in [0.25, 0.3) is 10.1 Å². The van der Waals surface area contributed by atoms with E-state index >= 15 is 0 Å². The van der Waals surface area contributed by atoms with Crippen LogP contribution in [0, 0.1) is 6.92 Å². The van der Waals surface area contributed by atoms with E-state index in [-0.39, 0.29) is 17.6 Å². The molecule has 0 amide bonds. The Kier molecular flexibility index (Phi) is 10.8. The van der Waals surface area contributed by atoms with Gasteiger partial charge in [-0.25, -0.2) is 0 Å². The molecule has 1 heterocycles. The molecule has 0 aliphatic carbocycles. The minimum absolute atomic E-state index is 0.0439. The molecular formula is C24H29NO6S. The Morgan fingerprint density at radius 1 is 1.00 bits per heavy atom. The van der Waals surface area contributed by atoms with Gasteiger partial charge in [-0.3, -0.25) is 9.54 Å². The third kappa shape index (κ3) is 10.0. The first kappa shape index (κ1) is 25.5. The minimum atomic E-state index is -4.02. The molecule has 0 bridgehead atoms. The van der Waals surface area contributed by atoms with Gasteiger partial charge in [-0.15, -0.1) is 0 Å². The molecule has 2 N–H and O–H groups in total. The zero-order chi connectivity index (χ0) is 23.2. The minimum Gasteiger partial charge on any atom is -0.489 e. The molecule has 0 spiro atoms. The van der Waals surface area contributed by atoms with Crippen molar-refractivity contribution in [3.8, 4) is 5.75 Å². The average Bonchev–Trinajstić information content (AvgIpc) is 2.80. The van der Waals surface area contributed by atoms with Crippen LogP contribution in [0.1, 0.15) is 24.0 Å². The number of hydrogen-bond donors (Lipinski definition) is 2. The highest BCUT2D eigenvalue weighted by atomic mass is 32.2. The van der Waals surface area contributed by atoms with E-state index in [9.17, 15) is 8.42 Å². The molecule has 32 heavy (non-hydrogen) atoms. The van der Waals surface area contributed by atoms with Gasteiger partial charge in [-0.2, -0.15) is 8.42 Å². The van der Waals surface area contributed by atoms with E-state index in [1.807, 2.05) is 49.4 Å². The van der Waals surface area contributed by atoms with E-state index in [0.717, 1.165) is 23.3 Å². The molecule has 0 aliphatic rings. The fourth-order valence-electron chi connectivity index (χ4n) is 2.65. The second-order valence-electron chi connectivity index (χ2n) is 7.07. The lowest BCUT2D eigenvalue weighted by Gasteiger charge is -2.18. The summed E-state index contributed by atoms with van der Waals surface area (Å²) < 4.78 is 41.1. The van der Waals surface area contributed by atoms with Crippen LogP contribution >= 0.6 is 0 Å². The second kappa shape index (κ2) is 13.6. The molecule has 2 aromatic carbocycles. The number of ether oxygens (including phenoxy) is 2. The van der Waals surface area contributed by atoms with Crippen molar-refractivity contribution in [1.82, 2.24) is 4.98 Å². The van der Waals surface area contributed by atoms with Crippen LogP contribution in [0.5, 0.6) is 5.75 Å². The van der Waals surface area contributed by atoms with Crippen molar-refractivity contribution in [2.75, 3.05) is 13.2 Å². The van der Waals surface area contributed by atoms with E-state index in [1.54, 1.807) is 24.5 Å². The van der Waals surface area contributed by atoms with Gasteiger partial charge in [0.05, 0.1) is 23.8 Å². The highest BCUT2D eigenvalue weighted by Crippen LogP contribution is 2.12. The van der Waals surface area contributed by atoms with Gasteiger partial charge in [0.15, 0.2) is 0 Å². The van der Waals surface area contributed by atoms with Crippen molar-refractivity contribution in [3.05, 3.63) is 90.3 Å². The lowest BCUT2D eigenvalue weighted by atomic mass is 10.2. The van der Waals surface area contributed by atoms with Crippen molar-refractivity contribution in [3.63, 3.8) is 0 Å². The topological polar surface area (TPSA) is 106 Å². The van der Waals surface area contributed by atoms with Crippen LogP contribution < -0.4 is 4.74 Å². The highest BCUT2D eigenvalue weighted by molar-refractivity contribution is 7.85. The molecule has 1 atom stereocenters. The fourth-order valence-corrected chi connectivity index (χ4v) is 3.13. The Labute approximate surface area is 189 Å². The Morgan fingerprint density at radius 2 is 1.72 bits per heavy atom. The van der Waals surface area contributed by atoms with E-state index in [4.69, 9.17) is 19.1 Å². The molecule has 0 aliphatic heterocycles. The molecule has 7 nitrogen and oxygen atoms in total. The lowest BCUT2D eigenvalue weighted by molar-refractivity contribution is 0.00116. The number of nitrogens with zero attached hydrogens (tertiary/aromatic N) is 1. The summed E-state index contributed by atoms with van der Waals surface area (Å²) in [6, 6.07) is 19.7. The fraction of sp³-hybridized carbons (Fsp3) is 0.292. The van der Waals surface area contributed by atoms with Crippen molar-refractivity contribution in [1.29, 1.82) is 0 Å². The predicted molar refractivity (Wildman–Crippen MR) is 122 cm³/mol. The molecule has 1 unspecified atom stereocenters. The van der Waals surface area contributed by atoms with Crippen LogP contribution in [0.15, 0.2) is 84.0 Å². The second-order valence-corrected chi connectivity index (χ2v) is 8.49. The van der Waals surface area contributed by atoms with Crippen LogP contribution in [-0.2, 0) is 21.5 Å². The zero-order valence-corrected chi connectivity index (χ0v) is 18.8. The maximum Gasteiger partial charge on any atom is 0.294 e. The third-order valence-electron chi connectivity index (χ3n) is 4.40. The van der Waals surface area contributed by atoms with Gasteiger partial charge in [-0.05, 0) is 49.6 Å². The number of aromatic nitrogens is 1. The molecule has 0 fully saturated rings. The van der Waals surface area contributed by atoms with Crippen LogP contribution in [0.3, 0.4) is 0 Å². The van der Waals surface area contributed by atoms with Gasteiger partial charge >= 0.3 is 0 Å². The van der Waals surface area contributed by atoms with E-state index in [2.05, 4.69) is 4.98 Å². The maximum atomic E-state index is 10.5. The van der Waals surface area contributed by atoms with E-state index in [0.29, 0.717) is 19.6 Å². The Balaban J connectivity index is 0.000000278. The van der Waals surface area contributed by atoms with Crippen molar-refractivity contribution >= 4 is 10.1 Å². The van der Waals surface area contributed by atoms with E-state index in [1.165, 1.54) is 12.1 Å². The maximum absolute atomic E-state index is 10.5. The molecular weight excluding hydrogens is 430 g/mol.